The van der Waals surface area contributed by atoms with E-state index in [-0.39, 0.29) is 6.42 Å². The van der Waals surface area contributed by atoms with Gasteiger partial charge in [-0.05, 0) is 36.8 Å². The Balaban J connectivity index is 1.79. The third-order valence-corrected chi connectivity index (χ3v) is 5.39. The molecule has 0 aliphatic heterocycles. The van der Waals surface area contributed by atoms with Gasteiger partial charge in [0, 0.05) is 0 Å². The van der Waals surface area contributed by atoms with E-state index in [1.165, 1.54) is 6.07 Å². The van der Waals surface area contributed by atoms with E-state index >= 15 is 0 Å². The molecule has 24 heavy (non-hydrogen) atoms. The van der Waals surface area contributed by atoms with Crippen molar-refractivity contribution in [1.82, 2.24) is 20.7 Å². The highest BCUT2D eigenvalue weighted by molar-refractivity contribution is 7.93. The number of hydrogen-bond donors (Lipinski definition) is 3. The maximum atomic E-state index is 12.5. The molecule has 1 heterocycles. The van der Waals surface area contributed by atoms with Crippen molar-refractivity contribution in [2.75, 3.05) is 4.72 Å². The first kappa shape index (κ1) is 16.3. The van der Waals surface area contributed by atoms with Crippen molar-refractivity contribution in [3.05, 3.63) is 30.4 Å². The van der Waals surface area contributed by atoms with Gasteiger partial charge in [0.25, 0.3) is 0 Å². The van der Waals surface area contributed by atoms with Crippen LogP contribution in [0.25, 0.3) is 11.0 Å². The lowest BCUT2D eigenvalue weighted by atomic mass is 10.2. The molecule has 3 rings (SSSR count). The number of benzene rings is 1. The van der Waals surface area contributed by atoms with Crippen LogP contribution < -0.4 is 10.0 Å². The molecule has 0 spiro atoms. The van der Waals surface area contributed by atoms with E-state index in [0.29, 0.717) is 16.7 Å². The Morgan fingerprint density at radius 3 is 2.50 bits per heavy atom. The van der Waals surface area contributed by atoms with Gasteiger partial charge in [0.05, 0.1) is 5.69 Å². The van der Waals surface area contributed by atoms with Gasteiger partial charge in [-0.15, -0.1) is 0 Å². The van der Waals surface area contributed by atoms with Crippen LogP contribution in [0, 0.1) is 0 Å². The molecule has 0 saturated carbocycles. The molecule has 0 amide bonds. The molecular weight excluding hydrogens is 334 g/mol. The summed E-state index contributed by atoms with van der Waals surface area (Å²) in [4.78, 5) is 23.3. The van der Waals surface area contributed by atoms with Gasteiger partial charge in [-0.2, -0.15) is 15.4 Å². The van der Waals surface area contributed by atoms with Gasteiger partial charge < -0.3 is 0 Å². The van der Waals surface area contributed by atoms with E-state index in [1.807, 2.05) is 0 Å². The standard InChI is InChI=1S/C14H15N5O4S/c1-2-13(15-14-11(20)5-6-12(14)21)24(22,23)18-8-3-4-9-10(7-8)17-19-16-9/h3-7,13-15,18H,2H2,1H3,(H,16,17,19). The molecule has 1 atom stereocenters. The third kappa shape index (κ3) is 3.05. The largest absolute Gasteiger partial charge is 0.293 e. The smallest absolute Gasteiger partial charge is 0.248 e. The second-order valence-electron chi connectivity index (χ2n) is 5.31. The Morgan fingerprint density at radius 2 is 1.83 bits per heavy atom. The van der Waals surface area contributed by atoms with Crippen molar-refractivity contribution >= 4 is 38.3 Å². The van der Waals surface area contributed by atoms with Crippen LogP contribution in [0.4, 0.5) is 5.69 Å². The van der Waals surface area contributed by atoms with E-state index in [0.717, 1.165) is 12.2 Å². The second kappa shape index (κ2) is 6.13. The highest BCUT2D eigenvalue weighted by atomic mass is 32.2. The highest BCUT2D eigenvalue weighted by Gasteiger charge is 2.34. The van der Waals surface area contributed by atoms with Crippen molar-refractivity contribution < 1.29 is 18.0 Å². The number of carbonyl (C=O) groups excluding carboxylic acids is 2. The number of rotatable bonds is 6. The Kier molecular flexibility index (Phi) is 4.16. The average molecular weight is 349 g/mol. The molecule has 3 N–H and O–H groups in total. The van der Waals surface area contributed by atoms with E-state index in [4.69, 9.17) is 0 Å². The lowest BCUT2D eigenvalue weighted by Crippen LogP contribution is -2.49. The van der Waals surface area contributed by atoms with Crippen molar-refractivity contribution in [2.24, 2.45) is 0 Å². The van der Waals surface area contributed by atoms with E-state index in [1.54, 1.807) is 19.1 Å². The fourth-order valence-corrected chi connectivity index (χ4v) is 3.76. The number of aromatic amines is 1. The maximum absolute atomic E-state index is 12.5. The monoisotopic (exact) mass is 349 g/mol. The van der Waals surface area contributed by atoms with Gasteiger partial charge in [-0.3, -0.25) is 19.6 Å². The molecule has 1 aliphatic carbocycles. The van der Waals surface area contributed by atoms with Crippen LogP contribution in [-0.4, -0.2) is 46.8 Å². The van der Waals surface area contributed by atoms with E-state index < -0.39 is 33.0 Å². The predicted molar refractivity (Wildman–Crippen MR) is 86.6 cm³/mol. The lowest BCUT2D eigenvalue weighted by molar-refractivity contribution is -0.123. The molecule has 1 aromatic carbocycles. The summed E-state index contributed by atoms with van der Waals surface area (Å²) in [5.41, 5.74) is 1.44. The van der Waals surface area contributed by atoms with Crippen molar-refractivity contribution in [1.29, 1.82) is 0 Å². The number of sulfonamides is 1. The lowest BCUT2D eigenvalue weighted by Gasteiger charge is -2.21. The summed E-state index contributed by atoms with van der Waals surface area (Å²) < 4.78 is 27.5. The first-order chi connectivity index (χ1) is 11.4. The summed E-state index contributed by atoms with van der Waals surface area (Å²) in [6.07, 6.45) is 2.47. The zero-order valence-corrected chi connectivity index (χ0v) is 13.5. The number of fused-ring (bicyclic) bond motifs is 1. The van der Waals surface area contributed by atoms with Crippen LogP contribution >= 0.6 is 0 Å². The maximum Gasteiger partial charge on any atom is 0.248 e. The molecule has 1 aliphatic rings. The van der Waals surface area contributed by atoms with Gasteiger partial charge in [0.2, 0.25) is 10.0 Å². The Morgan fingerprint density at radius 1 is 1.17 bits per heavy atom. The molecule has 10 heteroatoms. The molecule has 1 unspecified atom stereocenters. The number of ketones is 2. The molecule has 1 aromatic heterocycles. The fourth-order valence-electron chi connectivity index (χ4n) is 2.41. The van der Waals surface area contributed by atoms with Crippen molar-refractivity contribution in [3.8, 4) is 0 Å². The number of nitrogens with zero attached hydrogens (tertiary/aromatic N) is 2. The first-order valence-electron chi connectivity index (χ1n) is 7.24. The highest BCUT2D eigenvalue weighted by Crippen LogP contribution is 2.18. The minimum atomic E-state index is -3.86. The topological polar surface area (TPSA) is 134 Å². The molecule has 0 bridgehead atoms. The zero-order valence-electron chi connectivity index (χ0n) is 12.7. The van der Waals surface area contributed by atoms with Crippen LogP contribution in [0.3, 0.4) is 0 Å². The van der Waals surface area contributed by atoms with Crippen LogP contribution in [0.5, 0.6) is 0 Å². The van der Waals surface area contributed by atoms with Crippen molar-refractivity contribution in [2.45, 2.75) is 24.8 Å². The summed E-state index contributed by atoms with van der Waals surface area (Å²) in [5, 5.41) is 11.7. The minimum absolute atomic E-state index is 0.179. The van der Waals surface area contributed by atoms with Crippen molar-refractivity contribution in [3.63, 3.8) is 0 Å². The van der Waals surface area contributed by atoms with Crippen LogP contribution in [0.15, 0.2) is 30.4 Å². The van der Waals surface area contributed by atoms with Gasteiger partial charge in [-0.1, -0.05) is 6.92 Å². The number of anilines is 1. The molecule has 2 aromatic rings. The summed E-state index contributed by atoms with van der Waals surface area (Å²) in [7, 11) is -3.86. The normalized spacial score (nSPS) is 16.9. The van der Waals surface area contributed by atoms with Crippen LogP contribution in [-0.2, 0) is 19.6 Å². The minimum Gasteiger partial charge on any atom is -0.293 e. The van der Waals surface area contributed by atoms with E-state index in [2.05, 4.69) is 25.4 Å². The molecular formula is C14H15N5O4S. The second-order valence-corrected chi connectivity index (χ2v) is 7.17. The molecule has 0 fully saturated rings. The predicted octanol–water partition coefficient (Wildman–Crippen LogP) is 0.102. The molecule has 0 saturated heterocycles. The Hall–Kier alpha value is -2.59. The van der Waals surface area contributed by atoms with E-state index in [9.17, 15) is 18.0 Å². The first-order valence-corrected chi connectivity index (χ1v) is 8.79. The number of carbonyl (C=O) groups is 2. The summed E-state index contributed by atoms with van der Waals surface area (Å²) in [6, 6.07) is 3.57. The van der Waals surface area contributed by atoms with Gasteiger partial charge in [-0.25, -0.2) is 8.42 Å². The summed E-state index contributed by atoms with van der Waals surface area (Å²) in [5.74, 6) is -0.893. The molecule has 0 radical (unpaired) electrons. The molecule has 9 nitrogen and oxygen atoms in total. The quantitative estimate of drug-likeness (QED) is 0.630. The fraction of sp³-hybridized carbons (Fsp3) is 0.286. The van der Waals surface area contributed by atoms with Gasteiger partial charge in [0.1, 0.15) is 22.4 Å². The summed E-state index contributed by atoms with van der Waals surface area (Å²) >= 11 is 0. The SMILES string of the molecule is CCC(NC1C(=O)C=CC1=O)S(=O)(=O)Nc1ccc2n[nH]nc2c1. The zero-order chi connectivity index (χ0) is 17.3. The average Bonchev–Trinajstić information content (AvgIpc) is 3.11. The Labute approximate surface area is 137 Å². The summed E-state index contributed by atoms with van der Waals surface area (Å²) in [6.45, 7) is 1.65. The number of aromatic nitrogens is 3. The third-order valence-electron chi connectivity index (χ3n) is 3.66. The number of nitrogens with one attached hydrogen (secondary N) is 3. The van der Waals surface area contributed by atoms with Gasteiger partial charge in [0.15, 0.2) is 11.6 Å². The van der Waals surface area contributed by atoms with Gasteiger partial charge >= 0.3 is 0 Å². The number of H-pyrrole nitrogens is 1. The number of hydrogen-bond acceptors (Lipinski definition) is 7. The molecule has 126 valence electrons. The Bertz CT molecular complexity index is 916. The van der Waals surface area contributed by atoms with Crippen LogP contribution in [0.1, 0.15) is 13.3 Å². The van der Waals surface area contributed by atoms with Crippen LogP contribution in [0.2, 0.25) is 0 Å².